The highest BCUT2D eigenvalue weighted by Crippen LogP contribution is 2.24. The van der Waals surface area contributed by atoms with Crippen molar-refractivity contribution in [3.05, 3.63) is 47.5 Å². The number of ether oxygens (including phenoxy) is 2. The van der Waals surface area contributed by atoms with Gasteiger partial charge in [-0.2, -0.15) is 11.8 Å². The number of benzene rings is 1. The van der Waals surface area contributed by atoms with Gasteiger partial charge in [0.25, 0.3) is 0 Å². The summed E-state index contributed by atoms with van der Waals surface area (Å²) in [7, 11) is 1.65. The van der Waals surface area contributed by atoms with Crippen molar-refractivity contribution in [1.29, 1.82) is 0 Å². The number of thioether (sulfide) groups is 1. The normalized spacial score (nSPS) is 18.2. The molecule has 196 valence electrons. The van der Waals surface area contributed by atoms with Crippen LogP contribution in [-0.4, -0.2) is 70.5 Å². The summed E-state index contributed by atoms with van der Waals surface area (Å²) in [6, 6.07) is 7.90. The van der Waals surface area contributed by atoms with Crippen molar-refractivity contribution in [3.8, 4) is 0 Å². The number of esters is 1. The third kappa shape index (κ3) is 14.7. The topological polar surface area (TPSA) is 130 Å². The molecular formula is C26H38O8S. The second kappa shape index (κ2) is 18.1. The van der Waals surface area contributed by atoms with Crippen LogP contribution in [0, 0.1) is 5.92 Å². The number of rotatable bonds is 14. The van der Waals surface area contributed by atoms with Crippen LogP contribution in [-0.2, 0) is 36.9 Å². The maximum Gasteiger partial charge on any atom is 0.341 e. The number of methoxy groups -OCH3 is 1. The number of aliphatic hydroxyl groups is 2. The summed E-state index contributed by atoms with van der Waals surface area (Å²) < 4.78 is 9.55. The number of hydrogen-bond acceptors (Lipinski definition) is 8. The standard InChI is InChI=1S/C17H22O4.C9H16O4S/c1-21-11-13-4-2-3-12(7-13)8-15(18)6-5-14-9-16(19)10-17(14)20;1-2-5-14-6-3-4-9(12)13-7-8(10)11/h2-7,14-15,17-18,20H,8-11H2,1H3;2-7H2,1H3,(H,10,11)/b6-5+;/t14-,15-,17-;/m1./s1. The number of Topliss-reactive ketones (excluding diaryl/α,β-unsaturated/α-hetero) is 1. The predicted molar refractivity (Wildman–Crippen MR) is 135 cm³/mol. The number of aliphatic hydroxyl groups excluding tert-OH is 2. The van der Waals surface area contributed by atoms with Gasteiger partial charge in [0.2, 0.25) is 0 Å². The summed E-state index contributed by atoms with van der Waals surface area (Å²) in [6.45, 7) is 2.13. The Kier molecular flexibility index (Phi) is 16.0. The number of carboxylic acids is 1. The molecule has 0 spiro atoms. The van der Waals surface area contributed by atoms with Crippen LogP contribution in [0.4, 0.5) is 0 Å². The smallest absolute Gasteiger partial charge is 0.341 e. The zero-order valence-electron chi connectivity index (χ0n) is 20.6. The van der Waals surface area contributed by atoms with Gasteiger partial charge in [0, 0.05) is 38.7 Å². The van der Waals surface area contributed by atoms with E-state index in [9.17, 15) is 24.6 Å². The lowest BCUT2D eigenvalue weighted by molar-refractivity contribution is -0.155. The lowest BCUT2D eigenvalue weighted by Crippen LogP contribution is -2.12. The molecule has 1 aliphatic carbocycles. The minimum absolute atomic E-state index is 0.0823. The number of aliphatic carboxylic acids is 1. The van der Waals surface area contributed by atoms with Gasteiger partial charge in [-0.1, -0.05) is 43.3 Å². The molecule has 0 radical (unpaired) electrons. The SMILES string of the molecule is CCCSCCCC(=O)OCC(=O)O.COCc1cccc(C[C@H](O)/C=C/[C@@H]2CC(=O)C[C@H]2O)c1. The maximum atomic E-state index is 11.2. The molecule has 1 aliphatic rings. The zero-order valence-corrected chi connectivity index (χ0v) is 21.4. The van der Waals surface area contributed by atoms with E-state index in [0.717, 1.165) is 35.5 Å². The average molecular weight is 511 g/mol. The van der Waals surface area contributed by atoms with E-state index in [1.807, 2.05) is 24.3 Å². The Morgan fingerprint density at radius 2 is 1.97 bits per heavy atom. The van der Waals surface area contributed by atoms with Crippen LogP contribution in [0.5, 0.6) is 0 Å². The summed E-state index contributed by atoms with van der Waals surface area (Å²) in [5.41, 5.74) is 2.10. The second-order valence-corrected chi connectivity index (χ2v) is 9.58. The van der Waals surface area contributed by atoms with E-state index in [-0.39, 0.29) is 18.1 Å². The van der Waals surface area contributed by atoms with Crippen LogP contribution < -0.4 is 0 Å². The fraction of sp³-hybridized carbons (Fsp3) is 0.577. The van der Waals surface area contributed by atoms with Gasteiger partial charge in [-0.05, 0) is 35.5 Å². The predicted octanol–water partition coefficient (Wildman–Crippen LogP) is 3.17. The summed E-state index contributed by atoms with van der Waals surface area (Å²) in [6.07, 6.45) is 5.51. The molecule has 2 rings (SSSR count). The molecule has 0 aromatic heterocycles. The molecule has 3 atom stereocenters. The van der Waals surface area contributed by atoms with E-state index in [0.29, 0.717) is 25.9 Å². The van der Waals surface area contributed by atoms with Gasteiger partial charge in [0.05, 0.1) is 18.8 Å². The average Bonchev–Trinajstić information content (AvgIpc) is 3.14. The molecule has 8 nitrogen and oxygen atoms in total. The van der Waals surface area contributed by atoms with Crippen LogP contribution in [0.1, 0.15) is 50.2 Å². The molecule has 1 aromatic carbocycles. The van der Waals surface area contributed by atoms with Crippen molar-refractivity contribution in [1.82, 2.24) is 0 Å². The quantitative estimate of drug-likeness (QED) is 0.196. The Morgan fingerprint density at radius 3 is 2.60 bits per heavy atom. The van der Waals surface area contributed by atoms with E-state index in [1.54, 1.807) is 31.0 Å². The highest BCUT2D eigenvalue weighted by Gasteiger charge is 2.29. The van der Waals surface area contributed by atoms with E-state index in [4.69, 9.17) is 9.84 Å². The van der Waals surface area contributed by atoms with Crippen LogP contribution in [0.15, 0.2) is 36.4 Å². The van der Waals surface area contributed by atoms with Gasteiger partial charge in [-0.3, -0.25) is 9.59 Å². The minimum atomic E-state index is -1.11. The van der Waals surface area contributed by atoms with Crippen LogP contribution >= 0.6 is 11.8 Å². The van der Waals surface area contributed by atoms with Crippen molar-refractivity contribution < 1.29 is 39.2 Å². The van der Waals surface area contributed by atoms with Gasteiger partial charge in [-0.15, -0.1) is 0 Å². The van der Waals surface area contributed by atoms with E-state index in [1.165, 1.54) is 0 Å². The lowest BCUT2D eigenvalue weighted by Gasteiger charge is -2.10. The van der Waals surface area contributed by atoms with Crippen LogP contribution in [0.25, 0.3) is 0 Å². The maximum absolute atomic E-state index is 11.2. The van der Waals surface area contributed by atoms with Gasteiger partial charge in [-0.25, -0.2) is 4.79 Å². The Bertz CT molecular complexity index is 810. The Balaban J connectivity index is 0.000000383. The number of carbonyl (C=O) groups is 3. The molecule has 35 heavy (non-hydrogen) atoms. The van der Waals surface area contributed by atoms with Crippen molar-refractivity contribution in [2.45, 2.75) is 64.3 Å². The van der Waals surface area contributed by atoms with E-state index in [2.05, 4.69) is 11.7 Å². The third-order valence-electron chi connectivity index (χ3n) is 5.10. The first-order valence-electron chi connectivity index (χ1n) is 11.8. The molecule has 0 unspecified atom stereocenters. The summed E-state index contributed by atoms with van der Waals surface area (Å²) in [5.74, 6) is 0.411. The first-order valence-corrected chi connectivity index (χ1v) is 13.0. The molecule has 0 bridgehead atoms. The van der Waals surface area contributed by atoms with Crippen molar-refractivity contribution in [2.75, 3.05) is 25.2 Å². The fourth-order valence-electron chi connectivity index (χ4n) is 3.44. The van der Waals surface area contributed by atoms with Gasteiger partial charge in [0.15, 0.2) is 6.61 Å². The Morgan fingerprint density at radius 1 is 1.23 bits per heavy atom. The third-order valence-corrected chi connectivity index (χ3v) is 6.37. The molecule has 0 heterocycles. The monoisotopic (exact) mass is 510 g/mol. The van der Waals surface area contributed by atoms with E-state index >= 15 is 0 Å². The molecule has 0 amide bonds. The molecule has 0 aliphatic heterocycles. The molecule has 9 heteroatoms. The minimum Gasteiger partial charge on any atom is -0.479 e. The molecule has 3 N–H and O–H groups in total. The fourth-order valence-corrected chi connectivity index (χ4v) is 4.28. The van der Waals surface area contributed by atoms with Crippen LogP contribution in [0.3, 0.4) is 0 Å². The van der Waals surface area contributed by atoms with E-state index < -0.39 is 30.8 Å². The van der Waals surface area contributed by atoms with Gasteiger partial charge < -0.3 is 24.8 Å². The van der Waals surface area contributed by atoms with Gasteiger partial charge >= 0.3 is 11.9 Å². The number of carboxylic acid groups (broad SMARTS) is 1. The first-order chi connectivity index (χ1) is 16.7. The van der Waals surface area contributed by atoms with Crippen molar-refractivity contribution in [3.63, 3.8) is 0 Å². The number of carbonyl (C=O) groups excluding carboxylic acids is 2. The number of hydrogen-bond donors (Lipinski definition) is 3. The largest absolute Gasteiger partial charge is 0.479 e. The molecule has 0 saturated heterocycles. The second-order valence-electron chi connectivity index (χ2n) is 8.36. The first kappa shape index (κ1) is 30.8. The summed E-state index contributed by atoms with van der Waals surface area (Å²) >= 11 is 1.80. The highest BCUT2D eigenvalue weighted by molar-refractivity contribution is 7.99. The Labute approximate surface area is 211 Å². The molecular weight excluding hydrogens is 472 g/mol. The summed E-state index contributed by atoms with van der Waals surface area (Å²) in [4.78, 5) is 32.2. The molecule has 1 aromatic rings. The molecule has 1 saturated carbocycles. The number of ketones is 1. The zero-order chi connectivity index (χ0) is 26.1. The molecule has 1 fully saturated rings. The van der Waals surface area contributed by atoms with Crippen molar-refractivity contribution in [2.24, 2.45) is 5.92 Å². The lowest BCUT2D eigenvalue weighted by atomic mass is 10.0. The van der Waals surface area contributed by atoms with Crippen molar-refractivity contribution >= 4 is 29.5 Å². The summed E-state index contributed by atoms with van der Waals surface area (Å²) in [5, 5.41) is 28.0. The highest BCUT2D eigenvalue weighted by atomic mass is 32.2. The van der Waals surface area contributed by atoms with Gasteiger partial charge in [0.1, 0.15) is 5.78 Å². The van der Waals surface area contributed by atoms with Crippen LogP contribution in [0.2, 0.25) is 0 Å². The Hall–Kier alpha value is -2.20.